The number of fused-ring (bicyclic) bond motifs is 1. The molecule has 0 amide bonds. The highest BCUT2D eigenvalue weighted by molar-refractivity contribution is 5.90. The van der Waals surface area contributed by atoms with Crippen LogP contribution in [-0.4, -0.2) is 35.7 Å². The van der Waals surface area contributed by atoms with E-state index in [0.29, 0.717) is 11.6 Å². The predicted molar refractivity (Wildman–Crippen MR) is 124 cm³/mol. The number of nitrogens with one attached hydrogen (secondary N) is 3. The van der Waals surface area contributed by atoms with E-state index in [1.807, 2.05) is 16.7 Å². The Kier molecular flexibility index (Phi) is 5.68. The zero-order valence-corrected chi connectivity index (χ0v) is 17.8. The molecule has 3 aromatic rings. The molecule has 164 valence electrons. The molecule has 1 saturated heterocycles. The second kappa shape index (κ2) is 8.75. The number of benzene rings is 2. The molecule has 1 aromatic heterocycles. The van der Waals surface area contributed by atoms with Gasteiger partial charge in [0.05, 0.1) is 28.1 Å². The van der Waals surface area contributed by atoms with Crippen LogP contribution < -0.4 is 21.2 Å². The number of halogens is 1. The number of para-hydroxylation sites is 1. The van der Waals surface area contributed by atoms with Crippen molar-refractivity contribution in [2.24, 2.45) is 5.92 Å². The first-order valence-corrected chi connectivity index (χ1v) is 11.4. The molecular formula is C24H30FN5O. The van der Waals surface area contributed by atoms with Gasteiger partial charge in [-0.3, -0.25) is 4.57 Å². The zero-order chi connectivity index (χ0) is 21.2. The molecule has 2 aromatic carbocycles. The average molecular weight is 424 g/mol. The fourth-order valence-electron chi connectivity index (χ4n) is 4.98. The number of imidazole rings is 1. The van der Waals surface area contributed by atoms with E-state index in [1.54, 1.807) is 12.1 Å². The molecule has 0 radical (unpaired) electrons. The fraction of sp³-hybridized carbons (Fsp3) is 0.458. The van der Waals surface area contributed by atoms with E-state index in [1.165, 1.54) is 38.2 Å². The van der Waals surface area contributed by atoms with Gasteiger partial charge in [0.15, 0.2) is 0 Å². The molecule has 0 bridgehead atoms. The third-order valence-corrected chi connectivity index (χ3v) is 6.66. The highest BCUT2D eigenvalue weighted by Crippen LogP contribution is 2.34. The molecular weight excluding hydrogens is 393 g/mol. The van der Waals surface area contributed by atoms with Crippen molar-refractivity contribution in [2.45, 2.75) is 38.6 Å². The average Bonchev–Trinajstić information content (AvgIpc) is 3.10. The number of hydrogen-bond acceptors (Lipinski definition) is 4. The summed E-state index contributed by atoms with van der Waals surface area (Å²) in [6.45, 7) is 4.31. The quantitative estimate of drug-likeness (QED) is 0.575. The molecule has 1 saturated carbocycles. The summed E-state index contributed by atoms with van der Waals surface area (Å²) in [5.41, 5.74) is 3.91. The predicted octanol–water partition coefficient (Wildman–Crippen LogP) is 4.20. The van der Waals surface area contributed by atoms with Crippen molar-refractivity contribution >= 4 is 28.1 Å². The maximum absolute atomic E-state index is 14.3. The van der Waals surface area contributed by atoms with E-state index in [0.717, 1.165) is 55.1 Å². The van der Waals surface area contributed by atoms with E-state index >= 15 is 0 Å². The van der Waals surface area contributed by atoms with Crippen LogP contribution in [-0.2, 0) is 6.54 Å². The summed E-state index contributed by atoms with van der Waals surface area (Å²) in [6.07, 6.45) is 6.19. The first kappa shape index (κ1) is 20.1. The van der Waals surface area contributed by atoms with Gasteiger partial charge in [0, 0.05) is 32.7 Å². The lowest BCUT2D eigenvalue weighted by Gasteiger charge is -2.31. The van der Waals surface area contributed by atoms with Crippen molar-refractivity contribution in [3.8, 4) is 0 Å². The number of piperazine rings is 1. The van der Waals surface area contributed by atoms with Crippen molar-refractivity contribution in [1.29, 1.82) is 0 Å². The van der Waals surface area contributed by atoms with Gasteiger partial charge in [-0.1, -0.05) is 31.4 Å². The lowest BCUT2D eigenvalue weighted by molar-refractivity contribution is 0.319. The van der Waals surface area contributed by atoms with E-state index in [2.05, 4.69) is 26.6 Å². The van der Waals surface area contributed by atoms with Crippen LogP contribution in [0, 0.1) is 11.7 Å². The van der Waals surface area contributed by atoms with E-state index < -0.39 is 0 Å². The normalized spacial score (nSPS) is 17.9. The maximum Gasteiger partial charge on any atom is 0.326 e. The largest absolute Gasteiger partial charge is 0.367 e. The number of hydrogen-bond donors (Lipinski definition) is 3. The highest BCUT2D eigenvalue weighted by Gasteiger charge is 2.21. The van der Waals surface area contributed by atoms with Crippen molar-refractivity contribution in [2.75, 3.05) is 36.4 Å². The van der Waals surface area contributed by atoms with Crippen LogP contribution >= 0.6 is 0 Å². The van der Waals surface area contributed by atoms with Crippen molar-refractivity contribution in [3.05, 3.63) is 52.7 Å². The first-order valence-electron chi connectivity index (χ1n) is 11.4. The molecule has 5 rings (SSSR count). The van der Waals surface area contributed by atoms with Gasteiger partial charge < -0.3 is 20.5 Å². The maximum atomic E-state index is 14.3. The lowest BCUT2D eigenvalue weighted by atomic mass is 9.89. The minimum atomic E-state index is -0.294. The Hall–Kier alpha value is -2.80. The van der Waals surface area contributed by atoms with Crippen LogP contribution in [0.5, 0.6) is 0 Å². The third kappa shape index (κ3) is 4.19. The Morgan fingerprint density at radius 2 is 1.81 bits per heavy atom. The molecule has 31 heavy (non-hydrogen) atoms. The van der Waals surface area contributed by atoms with Crippen LogP contribution in [0.25, 0.3) is 11.0 Å². The second-order valence-corrected chi connectivity index (χ2v) is 8.77. The Morgan fingerprint density at radius 1 is 1.03 bits per heavy atom. The van der Waals surface area contributed by atoms with Gasteiger partial charge >= 0.3 is 5.69 Å². The smallest absolute Gasteiger partial charge is 0.326 e. The van der Waals surface area contributed by atoms with Gasteiger partial charge in [-0.05, 0) is 43.0 Å². The molecule has 0 unspecified atom stereocenters. The third-order valence-electron chi connectivity index (χ3n) is 6.66. The summed E-state index contributed by atoms with van der Waals surface area (Å²) in [5, 5.41) is 6.66. The Bertz CT molecular complexity index is 1110. The molecule has 1 aliphatic carbocycles. The zero-order valence-electron chi connectivity index (χ0n) is 17.8. The first-order chi connectivity index (χ1) is 15.2. The molecule has 2 aliphatic rings. The topological polar surface area (TPSA) is 65.1 Å². The van der Waals surface area contributed by atoms with Gasteiger partial charge in [-0.2, -0.15) is 0 Å². The highest BCUT2D eigenvalue weighted by atomic mass is 19.1. The molecule has 7 heteroatoms. The Morgan fingerprint density at radius 3 is 2.58 bits per heavy atom. The van der Waals surface area contributed by atoms with Crippen molar-refractivity contribution < 1.29 is 4.39 Å². The molecule has 1 aliphatic heterocycles. The number of aromatic amines is 1. The summed E-state index contributed by atoms with van der Waals surface area (Å²) in [6, 6.07) is 10.7. The Labute approximate surface area is 181 Å². The van der Waals surface area contributed by atoms with Gasteiger partial charge in [0.25, 0.3) is 0 Å². The summed E-state index contributed by atoms with van der Waals surface area (Å²) in [5.74, 6) is 0.265. The van der Waals surface area contributed by atoms with Gasteiger partial charge in [-0.25, -0.2) is 9.18 Å². The number of H-pyrrole nitrogens is 1. The van der Waals surface area contributed by atoms with E-state index in [-0.39, 0.29) is 11.5 Å². The van der Waals surface area contributed by atoms with Crippen molar-refractivity contribution in [3.63, 3.8) is 0 Å². The number of aromatic nitrogens is 2. The van der Waals surface area contributed by atoms with Gasteiger partial charge in [0.2, 0.25) is 0 Å². The minimum Gasteiger partial charge on any atom is -0.367 e. The van der Waals surface area contributed by atoms with E-state index in [9.17, 15) is 9.18 Å². The van der Waals surface area contributed by atoms with Crippen molar-refractivity contribution in [1.82, 2.24) is 14.9 Å². The summed E-state index contributed by atoms with van der Waals surface area (Å²) in [7, 11) is 0. The van der Waals surface area contributed by atoms with E-state index in [4.69, 9.17) is 0 Å². The van der Waals surface area contributed by atoms with Crippen LogP contribution in [0.1, 0.15) is 32.1 Å². The number of rotatable bonds is 5. The van der Waals surface area contributed by atoms with Gasteiger partial charge in [0.1, 0.15) is 5.82 Å². The summed E-state index contributed by atoms with van der Waals surface area (Å²) >= 11 is 0. The molecule has 6 nitrogen and oxygen atoms in total. The molecule has 0 spiro atoms. The fourth-order valence-corrected chi connectivity index (χ4v) is 4.98. The van der Waals surface area contributed by atoms with Crippen LogP contribution in [0.4, 0.5) is 21.5 Å². The second-order valence-electron chi connectivity index (χ2n) is 8.77. The van der Waals surface area contributed by atoms with Crippen LogP contribution in [0.15, 0.2) is 41.2 Å². The molecule has 3 N–H and O–H groups in total. The lowest BCUT2D eigenvalue weighted by Crippen LogP contribution is -2.43. The standard InChI is InChI=1S/C24H30FN5O/c25-18-8-4-5-9-19(18)27-20-14-21-23(15-22(20)29-12-10-26-11-13-29)30(24(31)28-21)16-17-6-2-1-3-7-17/h4-5,8-9,14-15,17,26-27H,1-3,6-7,10-13,16H2,(H,28,31). The summed E-state index contributed by atoms with van der Waals surface area (Å²) < 4.78 is 16.3. The monoisotopic (exact) mass is 423 g/mol. The summed E-state index contributed by atoms with van der Waals surface area (Å²) in [4.78, 5) is 18.2. The molecule has 2 heterocycles. The molecule has 0 atom stereocenters. The minimum absolute atomic E-state index is 0.0603. The Balaban J connectivity index is 1.57. The van der Waals surface area contributed by atoms with Gasteiger partial charge in [-0.15, -0.1) is 0 Å². The SMILES string of the molecule is O=c1[nH]c2cc(Nc3ccccc3F)c(N3CCNCC3)cc2n1CC1CCCCC1. The number of anilines is 3. The van der Waals surface area contributed by atoms with Crippen LogP contribution in [0.2, 0.25) is 0 Å². The van der Waals surface area contributed by atoms with Crippen LogP contribution in [0.3, 0.4) is 0 Å². The molecule has 2 fully saturated rings. The number of nitrogens with zero attached hydrogens (tertiary/aromatic N) is 2.